The molecule has 6 heterocycles. The molecule has 0 aromatic carbocycles. The number of hydrogen-bond acceptors (Lipinski definition) is 6. The number of nitrogens with one attached hydrogen (secondary N) is 3. The Morgan fingerprint density at radius 3 is 2.77 bits per heavy atom. The number of H-pyrrole nitrogens is 2. The van der Waals surface area contributed by atoms with E-state index in [-0.39, 0.29) is 11.0 Å². The van der Waals surface area contributed by atoms with Crippen LogP contribution < -0.4 is 5.32 Å². The van der Waals surface area contributed by atoms with Crippen LogP contribution in [-0.2, 0) is 4.79 Å². The molecule has 10 heteroatoms. The maximum atomic E-state index is 13.6. The monoisotopic (exact) mass is 483 g/mol. The van der Waals surface area contributed by atoms with Gasteiger partial charge in [-0.25, -0.2) is 4.98 Å². The smallest absolute Gasteiger partial charge is 0.224 e. The molecule has 0 saturated heterocycles. The summed E-state index contributed by atoms with van der Waals surface area (Å²) in [4.78, 5) is 29.4. The van der Waals surface area contributed by atoms with Gasteiger partial charge in [-0.1, -0.05) is 6.92 Å². The molecule has 6 rings (SSSR count). The number of aromatic amines is 2. The molecule has 6 aromatic heterocycles. The first-order valence-corrected chi connectivity index (χ1v) is 11.7. The fourth-order valence-electron chi connectivity index (χ4n) is 3.98. The van der Waals surface area contributed by atoms with Crippen LogP contribution in [0.5, 0.6) is 0 Å². The van der Waals surface area contributed by atoms with E-state index in [0.29, 0.717) is 29.0 Å². The van der Waals surface area contributed by atoms with Crippen molar-refractivity contribution in [2.24, 2.45) is 0 Å². The van der Waals surface area contributed by atoms with E-state index in [1.807, 2.05) is 24.3 Å². The highest BCUT2D eigenvalue weighted by Gasteiger charge is 2.16. The molecule has 6 aromatic rings. The van der Waals surface area contributed by atoms with Crippen LogP contribution in [0.15, 0.2) is 61.2 Å². The lowest BCUT2D eigenvalue weighted by atomic mass is 10.1. The Bertz CT molecular complexity index is 1720. The quantitative estimate of drug-likeness (QED) is 0.288. The third-order valence-corrected chi connectivity index (χ3v) is 6.59. The highest BCUT2D eigenvalue weighted by molar-refractivity contribution is 7.14. The van der Waals surface area contributed by atoms with Crippen molar-refractivity contribution < 1.29 is 9.18 Å². The molecule has 0 aliphatic carbocycles. The SMILES string of the molecule is CCC(=O)Nc1cncc(-c2ccc3[nH]nc(-c4cc5c(-c6ccc(F)s6)cncc5[nH]4)c3n2)c1. The molecule has 0 radical (unpaired) electrons. The summed E-state index contributed by atoms with van der Waals surface area (Å²) in [5.74, 6) is -0.0811. The standard InChI is InChI=1S/C25H18FN7OS/c1-2-23(34)29-14-7-13(9-27-10-14)17-3-4-18-24(31-17)25(33-32-18)19-8-15-16(11-28-12-20(15)30-19)21-5-6-22(26)35-21/h3-12,30H,2H2,1H3,(H,29,34)(H,32,33). The van der Waals surface area contributed by atoms with Crippen molar-refractivity contribution in [2.45, 2.75) is 13.3 Å². The van der Waals surface area contributed by atoms with Crippen molar-refractivity contribution >= 4 is 44.9 Å². The molecule has 172 valence electrons. The molecule has 0 aliphatic rings. The van der Waals surface area contributed by atoms with Crippen molar-refractivity contribution in [1.82, 2.24) is 30.1 Å². The number of pyridine rings is 3. The van der Waals surface area contributed by atoms with Gasteiger partial charge in [0.2, 0.25) is 5.91 Å². The van der Waals surface area contributed by atoms with Gasteiger partial charge in [-0.2, -0.15) is 9.49 Å². The summed E-state index contributed by atoms with van der Waals surface area (Å²) in [6.45, 7) is 1.80. The number of amides is 1. The van der Waals surface area contributed by atoms with Crippen LogP contribution in [0.4, 0.5) is 10.1 Å². The Labute approximate surface area is 202 Å². The Morgan fingerprint density at radius 1 is 1.06 bits per heavy atom. The lowest BCUT2D eigenvalue weighted by molar-refractivity contribution is -0.115. The Balaban J connectivity index is 1.43. The predicted molar refractivity (Wildman–Crippen MR) is 134 cm³/mol. The van der Waals surface area contributed by atoms with Gasteiger partial charge in [0, 0.05) is 40.2 Å². The first-order chi connectivity index (χ1) is 17.1. The summed E-state index contributed by atoms with van der Waals surface area (Å²) in [6.07, 6.45) is 7.17. The zero-order valence-corrected chi connectivity index (χ0v) is 19.3. The molecule has 0 unspecified atom stereocenters. The zero-order chi connectivity index (χ0) is 23.9. The molecule has 1 amide bonds. The molecular formula is C25H18FN7OS. The summed E-state index contributed by atoms with van der Waals surface area (Å²) < 4.78 is 13.6. The predicted octanol–water partition coefficient (Wildman–Crippen LogP) is 5.78. The van der Waals surface area contributed by atoms with Gasteiger partial charge in [-0.05, 0) is 36.4 Å². The van der Waals surface area contributed by atoms with Crippen LogP contribution in [0.1, 0.15) is 13.3 Å². The molecule has 0 saturated carbocycles. The second kappa shape index (κ2) is 8.41. The average molecular weight is 484 g/mol. The van der Waals surface area contributed by atoms with Crippen molar-refractivity contribution in [3.05, 3.63) is 66.3 Å². The number of carbonyl (C=O) groups is 1. The largest absolute Gasteiger partial charge is 0.352 e. The van der Waals surface area contributed by atoms with Crippen LogP contribution in [0.3, 0.4) is 0 Å². The van der Waals surface area contributed by atoms with Crippen LogP contribution >= 0.6 is 11.3 Å². The van der Waals surface area contributed by atoms with E-state index in [1.54, 1.807) is 37.8 Å². The summed E-state index contributed by atoms with van der Waals surface area (Å²) in [5, 5.41) is 11.0. The lowest BCUT2D eigenvalue weighted by Gasteiger charge is -2.06. The molecule has 0 aliphatic heterocycles. The molecule has 8 nitrogen and oxygen atoms in total. The molecule has 0 spiro atoms. The van der Waals surface area contributed by atoms with E-state index < -0.39 is 0 Å². The zero-order valence-electron chi connectivity index (χ0n) is 18.5. The number of fused-ring (bicyclic) bond motifs is 2. The number of aromatic nitrogens is 6. The van der Waals surface area contributed by atoms with E-state index in [0.717, 1.165) is 49.5 Å². The maximum Gasteiger partial charge on any atom is 0.224 e. The lowest BCUT2D eigenvalue weighted by Crippen LogP contribution is -2.09. The van der Waals surface area contributed by atoms with E-state index in [9.17, 15) is 9.18 Å². The number of halogens is 1. The number of hydrogen-bond donors (Lipinski definition) is 3. The van der Waals surface area contributed by atoms with Crippen molar-refractivity contribution in [3.63, 3.8) is 0 Å². The topological polar surface area (TPSA) is 112 Å². The van der Waals surface area contributed by atoms with Gasteiger partial charge >= 0.3 is 0 Å². The second-order valence-corrected chi connectivity index (χ2v) is 9.00. The van der Waals surface area contributed by atoms with Gasteiger partial charge in [0.15, 0.2) is 5.13 Å². The Kier molecular flexibility index (Phi) is 5.07. The van der Waals surface area contributed by atoms with Gasteiger partial charge in [0.05, 0.1) is 40.5 Å². The van der Waals surface area contributed by atoms with Crippen LogP contribution in [0.25, 0.3) is 55.0 Å². The third kappa shape index (κ3) is 3.83. The summed E-state index contributed by atoms with van der Waals surface area (Å²) >= 11 is 1.08. The van der Waals surface area contributed by atoms with Gasteiger partial charge in [-0.3, -0.25) is 19.9 Å². The van der Waals surface area contributed by atoms with Crippen molar-refractivity contribution in [3.8, 4) is 33.1 Å². The molecule has 3 N–H and O–H groups in total. The van der Waals surface area contributed by atoms with Crippen LogP contribution in [0.2, 0.25) is 0 Å². The first kappa shape index (κ1) is 21.1. The molecular weight excluding hydrogens is 465 g/mol. The van der Waals surface area contributed by atoms with Gasteiger partial charge < -0.3 is 10.3 Å². The van der Waals surface area contributed by atoms with E-state index >= 15 is 0 Å². The number of carbonyl (C=O) groups excluding carboxylic acids is 1. The van der Waals surface area contributed by atoms with Crippen LogP contribution in [0, 0.1) is 5.13 Å². The maximum absolute atomic E-state index is 13.6. The fourth-order valence-corrected chi connectivity index (χ4v) is 4.73. The summed E-state index contributed by atoms with van der Waals surface area (Å²) in [6, 6.07) is 10.8. The fraction of sp³-hybridized carbons (Fsp3) is 0.0800. The van der Waals surface area contributed by atoms with Crippen molar-refractivity contribution in [1.29, 1.82) is 0 Å². The minimum Gasteiger partial charge on any atom is -0.352 e. The van der Waals surface area contributed by atoms with E-state index in [4.69, 9.17) is 4.98 Å². The highest BCUT2D eigenvalue weighted by atomic mass is 32.1. The normalized spacial score (nSPS) is 11.4. The van der Waals surface area contributed by atoms with Gasteiger partial charge in [-0.15, -0.1) is 11.3 Å². The van der Waals surface area contributed by atoms with Gasteiger partial charge in [0.1, 0.15) is 11.2 Å². The first-order valence-electron chi connectivity index (χ1n) is 10.9. The number of thiophene rings is 1. The molecule has 0 bridgehead atoms. The summed E-state index contributed by atoms with van der Waals surface area (Å²) in [5.41, 5.74) is 6.66. The minimum atomic E-state index is -0.240. The Hall–Kier alpha value is -4.44. The van der Waals surface area contributed by atoms with E-state index in [2.05, 4.69) is 30.5 Å². The number of nitrogens with zero attached hydrogens (tertiary/aromatic N) is 4. The average Bonchev–Trinajstić information content (AvgIpc) is 3.61. The van der Waals surface area contributed by atoms with E-state index in [1.165, 1.54) is 6.07 Å². The van der Waals surface area contributed by atoms with Gasteiger partial charge in [0.25, 0.3) is 0 Å². The Morgan fingerprint density at radius 2 is 1.94 bits per heavy atom. The number of anilines is 1. The minimum absolute atomic E-state index is 0.0811. The number of rotatable bonds is 5. The molecule has 35 heavy (non-hydrogen) atoms. The summed E-state index contributed by atoms with van der Waals surface area (Å²) in [7, 11) is 0. The second-order valence-electron chi connectivity index (χ2n) is 7.96. The van der Waals surface area contributed by atoms with Crippen molar-refractivity contribution in [2.75, 3.05) is 5.32 Å². The molecule has 0 atom stereocenters. The third-order valence-electron chi connectivity index (χ3n) is 5.69. The van der Waals surface area contributed by atoms with Crippen LogP contribution in [-0.4, -0.2) is 36.0 Å². The highest BCUT2D eigenvalue weighted by Crippen LogP contribution is 2.36. The molecule has 0 fully saturated rings.